The molecule has 0 bridgehead atoms. The van der Waals surface area contributed by atoms with Crippen molar-refractivity contribution < 1.29 is 18.3 Å². The minimum absolute atomic E-state index is 0.0527. The Hall–Kier alpha value is -3.11. The van der Waals surface area contributed by atoms with Crippen molar-refractivity contribution in [2.75, 3.05) is 0 Å². The molecule has 3 rings (SSSR count). The zero-order valence-corrected chi connectivity index (χ0v) is 13.8. The predicted octanol–water partition coefficient (Wildman–Crippen LogP) is 2.40. The molecule has 10 heteroatoms. The number of aromatic carboxylic acids is 1. The minimum atomic E-state index is -3.79. The van der Waals surface area contributed by atoms with Gasteiger partial charge in [-0.05, 0) is 42.8 Å². The Bertz CT molecular complexity index is 1100. The average Bonchev–Trinajstić information content (AvgIpc) is 2.90. The number of rotatable bonds is 4. The maximum Gasteiger partial charge on any atom is 0.358 e. The highest BCUT2D eigenvalue weighted by Crippen LogP contribution is 2.25. The van der Waals surface area contributed by atoms with Crippen molar-refractivity contribution in [3.8, 4) is 0 Å². The molecule has 0 atom stereocenters. The van der Waals surface area contributed by atoms with E-state index in [1.807, 2.05) is 6.92 Å². The standard InChI is InChI=1S/C15H13N5O4S/c1-9-2-7-12-17-13(15(21)22)14(20(12)8-9)19-18-10-3-5-11(6-4-10)25(16,23)24/h2-8H,1H3,(H,21,22)(H2,16,23,24). The number of hydrogen-bond acceptors (Lipinski definition) is 6. The van der Waals surface area contributed by atoms with Gasteiger partial charge in [-0.1, -0.05) is 6.07 Å². The zero-order chi connectivity index (χ0) is 18.2. The van der Waals surface area contributed by atoms with Crippen molar-refractivity contribution in [3.63, 3.8) is 0 Å². The summed E-state index contributed by atoms with van der Waals surface area (Å²) in [7, 11) is -3.79. The second-order valence-corrected chi connectivity index (χ2v) is 6.82. The van der Waals surface area contributed by atoms with Crippen molar-refractivity contribution in [2.24, 2.45) is 15.4 Å². The number of nitrogens with two attached hydrogens (primary N) is 1. The normalized spacial score (nSPS) is 12.1. The highest BCUT2D eigenvalue weighted by atomic mass is 32.2. The van der Waals surface area contributed by atoms with Crippen LogP contribution >= 0.6 is 0 Å². The topological polar surface area (TPSA) is 139 Å². The van der Waals surface area contributed by atoms with E-state index in [1.54, 1.807) is 18.3 Å². The lowest BCUT2D eigenvalue weighted by molar-refractivity contribution is 0.0692. The molecular formula is C15H13N5O4S. The number of carboxylic acid groups (broad SMARTS) is 1. The summed E-state index contributed by atoms with van der Waals surface area (Å²) in [5.41, 5.74) is 1.44. The Morgan fingerprint density at radius 1 is 1.16 bits per heavy atom. The van der Waals surface area contributed by atoms with Gasteiger partial charge in [-0.2, -0.15) is 0 Å². The molecule has 0 aliphatic heterocycles. The van der Waals surface area contributed by atoms with Crippen LogP contribution in [0.4, 0.5) is 11.5 Å². The second-order valence-electron chi connectivity index (χ2n) is 5.26. The molecule has 128 valence electrons. The van der Waals surface area contributed by atoms with Crippen molar-refractivity contribution in [2.45, 2.75) is 11.8 Å². The van der Waals surface area contributed by atoms with E-state index in [2.05, 4.69) is 15.2 Å². The summed E-state index contributed by atoms with van der Waals surface area (Å²) in [6.45, 7) is 1.85. The number of primary sulfonamides is 1. The van der Waals surface area contributed by atoms with E-state index in [-0.39, 0.29) is 16.4 Å². The Kier molecular flexibility index (Phi) is 4.07. The van der Waals surface area contributed by atoms with Crippen LogP contribution in [0, 0.1) is 6.92 Å². The van der Waals surface area contributed by atoms with E-state index in [4.69, 9.17) is 5.14 Å². The minimum Gasteiger partial charge on any atom is -0.476 e. The molecule has 0 unspecified atom stereocenters. The quantitative estimate of drug-likeness (QED) is 0.688. The molecule has 1 aromatic carbocycles. The van der Waals surface area contributed by atoms with E-state index in [1.165, 1.54) is 28.7 Å². The highest BCUT2D eigenvalue weighted by Gasteiger charge is 2.18. The first-order valence-corrected chi connectivity index (χ1v) is 8.57. The molecule has 25 heavy (non-hydrogen) atoms. The zero-order valence-electron chi connectivity index (χ0n) is 13.0. The lowest BCUT2D eigenvalue weighted by Gasteiger charge is -1.99. The van der Waals surface area contributed by atoms with Gasteiger partial charge >= 0.3 is 5.97 Å². The van der Waals surface area contributed by atoms with Gasteiger partial charge in [0.1, 0.15) is 5.65 Å². The summed E-state index contributed by atoms with van der Waals surface area (Å²) >= 11 is 0. The molecule has 0 amide bonds. The Morgan fingerprint density at radius 2 is 1.84 bits per heavy atom. The fourth-order valence-electron chi connectivity index (χ4n) is 2.19. The highest BCUT2D eigenvalue weighted by molar-refractivity contribution is 7.89. The van der Waals surface area contributed by atoms with E-state index in [0.717, 1.165) is 5.56 Å². The van der Waals surface area contributed by atoms with Gasteiger partial charge in [0.2, 0.25) is 10.0 Å². The van der Waals surface area contributed by atoms with E-state index < -0.39 is 16.0 Å². The number of aromatic nitrogens is 2. The first kappa shape index (κ1) is 16.7. The molecule has 0 radical (unpaired) electrons. The van der Waals surface area contributed by atoms with Crippen LogP contribution in [0.2, 0.25) is 0 Å². The summed E-state index contributed by atoms with van der Waals surface area (Å²) in [4.78, 5) is 15.4. The van der Waals surface area contributed by atoms with Crippen LogP contribution in [0.25, 0.3) is 5.65 Å². The molecule has 9 nitrogen and oxygen atoms in total. The number of fused-ring (bicyclic) bond motifs is 1. The first-order chi connectivity index (χ1) is 11.8. The summed E-state index contributed by atoms with van der Waals surface area (Å²) < 4.78 is 24.0. The number of benzene rings is 1. The van der Waals surface area contributed by atoms with Gasteiger partial charge in [0.05, 0.1) is 10.6 Å². The SMILES string of the molecule is Cc1ccc2nc(C(=O)O)c(N=Nc3ccc(S(N)(=O)=O)cc3)n2c1. The van der Waals surface area contributed by atoms with Gasteiger partial charge in [0.25, 0.3) is 0 Å². The van der Waals surface area contributed by atoms with Gasteiger partial charge in [-0.3, -0.25) is 4.40 Å². The molecule has 0 saturated carbocycles. The third kappa shape index (κ3) is 3.39. The Labute approximate surface area is 142 Å². The largest absolute Gasteiger partial charge is 0.476 e. The number of pyridine rings is 1. The number of carboxylic acids is 1. The second kappa shape index (κ2) is 6.07. The van der Waals surface area contributed by atoms with E-state index in [0.29, 0.717) is 11.3 Å². The van der Waals surface area contributed by atoms with Gasteiger partial charge in [0.15, 0.2) is 11.5 Å². The summed E-state index contributed by atoms with van der Waals surface area (Å²) in [6, 6.07) is 8.90. The molecule has 2 heterocycles. The first-order valence-electron chi connectivity index (χ1n) is 7.02. The maximum absolute atomic E-state index is 11.4. The van der Waals surface area contributed by atoms with Gasteiger partial charge in [0, 0.05) is 6.20 Å². The van der Waals surface area contributed by atoms with Crippen LogP contribution in [-0.2, 0) is 10.0 Å². The smallest absolute Gasteiger partial charge is 0.358 e. The molecule has 0 fully saturated rings. The number of imidazole rings is 1. The average molecular weight is 359 g/mol. The molecule has 0 aliphatic carbocycles. The van der Waals surface area contributed by atoms with Gasteiger partial charge in [-0.25, -0.2) is 23.3 Å². The van der Waals surface area contributed by atoms with E-state index >= 15 is 0 Å². The summed E-state index contributed by atoms with van der Waals surface area (Å²) in [5.74, 6) is -1.15. The van der Waals surface area contributed by atoms with Crippen molar-refractivity contribution in [3.05, 3.63) is 53.9 Å². The number of nitrogens with zero attached hydrogens (tertiary/aromatic N) is 4. The lowest BCUT2D eigenvalue weighted by atomic mass is 10.3. The van der Waals surface area contributed by atoms with Crippen LogP contribution in [0.1, 0.15) is 16.1 Å². The number of sulfonamides is 1. The predicted molar refractivity (Wildman–Crippen MR) is 88.9 cm³/mol. The molecular weight excluding hydrogens is 346 g/mol. The van der Waals surface area contributed by atoms with Crippen LogP contribution in [0.15, 0.2) is 57.7 Å². The summed E-state index contributed by atoms with van der Waals surface area (Å²) in [6.07, 6.45) is 1.70. The fraction of sp³-hybridized carbons (Fsp3) is 0.0667. The molecule has 3 aromatic rings. The number of aryl methyl sites for hydroxylation is 1. The number of carbonyl (C=O) groups is 1. The molecule has 0 aliphatic rings. The maximum atomic E-state index is 11.4. The van der Waals surface area contributed by atoms with E-state index in [9.17, 15) is 18.3 Å². The van der Waals surface area contributed by atoms with Crippen LogP contribution in [0.3, 0.4) is 0 Å². The Morgan fingerprint density at radius 3 is 2.44 bits per heavy atom. The van der Waals surface area contributed by atoms with Crippen molar-refractivity contribution in [1.82, 2.24) is 9.38 Å². The van der Waals surface area contributed by atoms with Gasteiger partial charge < -0.3 is 5.11 Å². The van der Waals surface area contributed by atoms with Crippen molar-refractivity contribution in [1.29, 1.82) is 0 Å². The molecule has 2 aromatic heterocycles. The summed E-state index contributed by atoms with van der Waals surface area (Å²) in [5, 5.41) is 22.3. The fourth-order valence-corrected chi connectivity index (χ4v) is 2.70. The monoisotopic (exact) mass is 359 g/mol. The lowest BCUT2D eigenvalue weighted by Crippen LogP contribution is -2.11. The van der Waals surface area contributed by atoms with Crippen LogP contribution in [-0.4, -0.2) is 28.9 Å². The van der Waals surface area contributed by atoms with Crippen LogP contribution < -0.4 is 5.14 Å². The Balaban J connectivity index is 2.04. The van der Waals surface area contributed by atoms with Crippen LogP contribution in [0.5, 0.6) is 0 Å². The number of hydrogen-bond donors (Lipinski definition) is 2. The van der Waals surface area contributed by atoms with Gasteiger partial charge in [-0.15, -0.1) is 10.2 Å². The third-order valence-corrected chi connectivity index (χ3v) is 4.30. The number of azo groups is 1. The third-order valence-electron chi connectivity index (χ3n) is 3.37. The molecule has 0 saturated heterocycles. The van der Waals surface area contributed by atoms with Crippen molar-refractivity contribution >= 4 is 33.1 Å². The molecule has 0 spiro atoms. The molecule has 3 N–H and O–H groups in total.